The third-order valence-corrected chi connectivity index (χ3v) is 7.12. The molecule has 0 bridgehead atoms. The lowest BCUT2D eigenvalue weighted by atomic mass is 10.2. The van der Waals surface area contributed by atoms with Gasteiger partial charge in [-0.1, -0.05) is 12.1 Å². The third-order valence-electron chi connectivity index (χ3n) is 3.91. The molecule has 0 aliphatic carbocycles. The van der Waals surface area contributed by atoms with Crippen molar-refractivity contribution in [2.24, 2.45) is 0 Å². The SMILES string of the molecule is COc1ccc(S(=O)(=O)CCC(=O)Nc2nc(-c3ccc(I)cc3)cs2)cc1. The summed E-state index contributed by atoms with van der Waals surface area (Å²) in [5, 5.41) is 4.97. The number of rotatable bonds is 7. The minimum Gasteiger partial charge on any atom is -0.497 e. The quantitative estimate of drug-likeness (QED) is 0.465. The number of benzene rings is 2. The molecule has 6 nitrogen and oxygen atoms in total. The number of thiazole rings is 1. The van der Waals surface area contributed by atoms with Crippen molar-refractivity contribution >= 4 is 54.8 Å². The minimum absolute atomic E-state index is 0.146. The summed E-state index contributed by atoms with van der Waals surface area (Å²) < 4.78 is 30.9. The van der Waals surface area contributed by atoms with Gasteiger partial charge < -0.3 is 10.1 Å². The van der Waals surface area contributed by atoms with Crippen LogP contribution in [0.25, 0.3) is 11.3 Å². The van der Waals surface area contributed by atoms with Gasteiger partial charge in [0.25, 0.3) is 0 Å². The average Bonchev–Trinajstić information content (AvgIpc) is 3.15. The van der Waals surface area contributed by atoms with Gasteiger partial charge in [-0.3, -0.25) is 4.79 Å². The number of carbonyl (C=O) groups excluding carboxylic acids is 1. The van der Waals surface area contributed by atoms with Crippen LogP contribution < -0.4 is 10.1 Å². The van der Waals surface area contributed by atoms with Gasteiger partial charge in [0, 0.05) is 20.9 Å². The van der Waals surface area contributed by atoms with Crippen molar-refractivity contribution in [2.75, 3.05) is 18.2 Å². The lowest BCUT2D eigenvalue weighted by Crippen LogP contribution is -2.17. The van der Waals surface area contributed by atoms with Crippen molar-refractivity contribution in [1.29, 1.82) is 0 Å². The molecule has 0 aliphatic heterocycles. The Balaban J connectivity index is 1.59. The number of sulfone groups is 1. The number of methoxy groups -OCH3 is 1. The Morgan fingerprint density at radius 1 is 1.14 bits per heavy atom. The number of carbonyl (C=O) groups is 1. The van der Waals surface area contributed by atoms with Crippen molar-refractivity contribution in [3.05, 3.63) is 57.5 Å². The topological polar surface area (TPSA) is 85.4 Å². The zero-order valence-corrected chi connectivity index (χ0v) is 18.7. The van der Waals surface area contributed by atoms with E-state index in [1.54, 1.807) is 12.1 Å². The molecular weight excluding hydrogens is 511 g/mol. The highest BCUT2D eigenvalue weighted by molar-refractivity contribution is 14.1. The Kier molecular flexibility index (Phi) is 6.68. The molecule has 0 saturated heterocycles. The first-order valence-electron chi connectivity index (χ1n) is 8.25. The van der Waals surface area contributed by atoms with Crippen LogP contribution in [-0.2, 0) is 14.6 Å². The first-order valence-corrected chi connectivity index (χ1v) is 11.9. The standard InChI is InChI=1S/C19H17IN2O4S2/c1-26-15-6-8-16(9-7-15)28(24,25)11-10-18(23)22-19-21-17(12-27-19)13-2-4-14(20)5-3-13/h2-9,12H,10-11H2,1H3,(H,21,22,23). The molecule has 1 aromatic heterocycles. The first kappa shape index (κ1) is 20.7. The van der Waals surface area contributed by atoms with Gasteiger partial charge >= 0.3 is 0 Å². The summed E-state index contributed by atoms with van der Waals surface area (Å²) in [5.74, 6) is -0.0921. The fourth-order valence-electron chi connectivity index (χ4n) is 2.39. The van der Waals surface area contributed by atoms with Crippen molar-refractivity contribution in [1.82, 2.24) is 4.98 Å². The predicted octanol–water partition coefficient (Wildman–Crippen LogP) is 4.23. The molecule has 1 heterocycles. The largest absolute Gasteiger partial charge is 0.497 e. The van der Waals surface area contributed by atoms with E-state index in [0.717, 1.165) is 14.8 Å². The number of anilines is 1. The molecule has 0 spiro atoms. The molecule has 0 unspecified atom stereocenters. The lowest BCUT2D eigenvalue weighted by Gasteiger charge is -2.06. The van der Waals surface area contributed by atoms with E-state index in [2.05, 4.69) is 32.9 Å². The molecule has 146 valence electrons. The van der Waals surface area contributed by atoms with Gasteiger partial charge in [-0.15, -0.1) is 11.3 Å². The average molecular weight is 528 g/mol. The van der Waals surface area contributed by atoms with Gasteiger partial charge in [-0.25, -0.2) is 13.4 Å². The number of nitrogens with one attached hydrogen (secondary N) is 1. The molecule has 0 aliphatic rings. The Hall–Kier alpha value is -1.98. The van der Waals surface area contributed by atoms with Gasteiger partial charge in [-0.05, 0) is 59.0 Å². The summed E-state index contributed by atoms with van der Waals surface area (Å²) >= 11 is 3.53. The highest BCUT2D eigenvalue weighted by atomic mass is 127. The van der Waals surface area contributed by atoms with Crippen LogP contribution in [0.5, 0.6) is 5.75 Å². The summed E-state index contributed by atoms with van der Waals surface area (Å²) in [4.78, 5) is 16.7. The van der Waals surface area contributed by atoms with E-state index < -0.39 is 9.84 Å². The van der Waals surface area contributed by atoms with Crippen molar-refractivity contribution < 1.29 is 17.9 Å². The predicted molar refractivity (Wildman–Crippen MR) is 119 cm³/mol. The van der Waals surface area contributed by atoms with E-state index in [1.165, 1.54) is 30.6 Å². The van der Waals surface area contributed by atoms with Gasteiger partial charge in [-0.2, -0.15) is 0 Å². The van der Waals surface area contributed by atoms with E-state index in [-0.39, 0.29) is 23.0 Å². The van der Waals surface area contributed by atoms with Gasteiger partial charge in [0.05, 0.1) is 23.5 Å². The normalized spacial score (nSPS) is 11.2. The molecule has 0 saturated carbocycles. The smallest absolute Gasteiger partial charge is 0.227 e. The highest BCUT2D eigenvalue weighted by Crippen LogP contribution is 2.25. The van der Waals surface area contributed by atoms with Crippen molar-refractivity contribution in [2.45, 2.75) is 11.3 Å². The molecule has 0 fully saturated rings. The van der Waals surface area contributed by atoms with Crippen LogP contribution in [0.15, 0.2) is 58.8 Å². The van der Waals surface area contributed by atoms with E-state index >= 15 is 0 Å². The van der Waals surface area contributed by atoms with Crippen LogP contribution >= 0.6 is 33.9 Å². The maximum atomic E-state index is 12.4. The van der Waals surface area contributed by atoms with Crippen LogP contribution in [0.1, 0.15) is 6.42 Å². The van der Waals surface area contributed by atoms with E-state index in [9.17, 15) is 13.2 Å². The maximum Gasteiger partial charge on any atom is 0.227 e. The number of ether oxygens (including phenoxy) is 1. The number of halogens is 1. The minimum atomic E-state index is -3.55. The zero-order valence-electron chi connectivity index (χ0n) is 14.9. The van der Waals surface area contributed by atoms with Crippen LogP contribution in [-0.4, -0.2) is 32.2 Å². The molecule has 2 aromatic carbocycles. The second-order valence-electron chi connectivity index (χ2n) is 5.84. The second-order valence-corrected chi connectivity index (χ2v) is 10.1. The van der Waals surface area contributed by atoms with E-state index in [4.69, 9.17) is 4.74 Å². The Labute approximate surface area is 181 Å². The third kappa shape index (κ3) is 5.30. The van der Waals surface area contributed by atoms with Crippen molar-refractivity contribution in [3.63, 3.8) is 0 Å². The van der Waals surface area contributed by atoms with Crippen LogP contribution in [0.3, 0.4) is 0 Å². The molecular formula is C19H17IN2O4S2. The van der Waals surface area contributed by atoms with Crippen LogP contribution in [0, 0.1) is 3.57 Å². The second kappa shape index (κ2) is 9.01. The van der Waals surface area contributed by atoms with Crippen LogP contribution in [0.2, 0.25) is 0 Å². The number of aromatic nitrogens is 1. The van der Waals surface area contributed by atoms with E-state index in [0.29, 0.717) is 10.9 Å². The summed E-state index contributed by atoms with van der Waals surface area (Å²) in [6.07, 6.45) is -0.146. The maximum absolute atomic E-state index is 12.4. The number of amides is 1. The van der Waals surface area contributed by atoms with Crippen molar-refractivity contribution in [3.8, 4) is 17.0 Å². The zero-order chi connectivity index (χ0) is 20.1. The number of nitrogens with zero attached hydrogens (tertiary/aromatic N) is 1. The summed E-state index contributed by atoms with van der Waals surface area (Å²) in [7, 11) is -2.04. The fourth-order valence-corrected chi connectivity index (χ4v) is 4.73. The summed E-state index contributed by atoms with van der Waals surface area (Å²) in [6, 6.07) is 14.0. The molecule has 3 aromatic rings. The molecule has 0 atom stereocenters. The molecule has 3 rings (SSSR count). The highest BCUT2D eigenvalue weighted by Gasteiger charge is 2.17. The molecule has 9 heteroatoms. The Morgan fingerprint density at radius 3 is 2.46 bits per heavy atom. The van der Waals surface area contributed by atoms with Crippen LogP contribution in [0.4, 0.5) is 5.13 Å². The molecule has 0 radical (unpaired) electrons. The molecule has 28 heavy (non-hydrogen) atoms. The number of hydrogen-bond donors (Lipinski definition) is 1. The Bertz CT molecular complexity index is 1060. The lowest BCUT2D eigenvalue weighted by molar-refractivity contribution is -0.115. The van der Waals surface area contributed by atoms with E-state index in [1.807, 2.05) is 29.6 Å². The molecule has 1 amide bonds. The monoisotopic (exact) mass is 528 g/mol. The van der Waals surface area contributed by atoms with Gasteiger partial charge in [0.15, 0.2) is 15.0 Å². The Morgan fingerprint density at radius 2 is 1.82 bits per heavy atom. The van der Waals surface area contributed by atoms with Gasteiger partial charge in [0.1, 0.15) is 5.75 Å². The van der Waals surface area contributed by atoms with Gasteiger partial charge in [0.2, 0.25) is 5.91 Å². The molecule has 1 N–H and O–H groups in total. The number of hydrogen-bond acceptors (Lipinski definition) is 6. The summed E-state index contributed by atoms with van der Waals surface area (Å²) in [5.41, 5.74) is 1.72. The summed E-state index contributed by atoms with van der Waals surface area (Å²) in [6.45, 7) is 0. The first-order chi connectivity index (χ1) is 13.4. The fraction of sp³-hybridized carbons (Fsp3) is 0.158.